The molecule has 2 aromatic rings. The zero-order valence-corrected chi connectivity index (χ0v) is 14.1. The second-order valence-electron chi connectivity index (χ2n) is 5.10. The highest BCUT2D eigenvalue weighted by Crippen LogP contribution is 2.20. The van der Waals surface area contributed by atoms with Crippen LogP contribution < -0.4 is 5.32 Å². The van der Waals surface area contributed by atoms with Crippen LogP contribution in [0.25, 0.3) is 6.08 Å². The number of nitrogens with zero attached hydrogens (tertiary/aromatic N) is 3. The van der Waals surface area contributed by atoms with E-state index in [4.69, 9.17) is 0 Å². The number of aryl methyl sites for hydroxylation is 1. The fourth-order valence-corrected chi connectivity index (χ4v) is 2.82. The Morgan fingerprint density at radius 3 is 2.88 bits per heavy atom. The van der Waals surface area contributed by atoms with E-state index in [1.165, 1.54) is 29.6 Å². The first kappa shape index (κ1) is 17.7. The van der Waals surface area contributed by atoms with Gasteiger partial charge < -0.3 is 0 Å². The van der Waals surface area contributed by atoms with Gasteiger partial charge in [-0.25, -0.2) is 0 Å². The molecule has 2 rings (SSSR count). The molecule has 1 aromatic heterocycles. The molecule has 1 amide bonds. The third-order valence-electron chi connectivity index (χ3n) is 3.24. The average Bonchev–Trinajstić information content (AvgIpc) is 3.00. The third-order valence-corrected chi connectivity index (χ3v) is 4.14. The fourth-order valence-electron chi connectivity index (χ4n) is 2.04. The lowest BCUT2D eigenvalue weighted by atomic mass is 10.1. The molecule has 126 valence electrons. The summed E-state index contributed by atoms with van der Waals surface area (Å²) >= 11 is 1.35. The zero-order valence-electron chi connectivity index (χ0n) is 13.3. The van der Waals surface area contributed by atoms with Gasteiger partial charge in [0.2, 0.25) is 11.0 Å². The number of nitro groups is 1. The maximum atomic E-state index is 11.9. The largest absolute Gasteiger partial charge is 0.297 e. The number of rotatable bonds is 8. The number of para-hydroxylation sites is 1. The van der Waals surface area contributed by atoms with E-state index in [0.717, 1.165) is 30.7 Å². The number of unbranched alkanes of at least 4 members (excludes halogenated alkanes) is 2. The molecule has 0 aliphatic heterocycles. The van der Waals surface area contributed by atoms with Crippen molar-refractivity contribution in [3.8, 4) is 0 Å². The highest BCUT2D eigenvalue weighted by atomic mass is 32.1. The summed E-state index contributed by atoms with van der Waals surface area (Å²) in [7, 11) is 0. The maximum absolute atomic E-state index is 11.9. The first-order valence-corrected chi connectivity index (χ1v) is 8.46. The number of carbonyl (C=O) groups is 1. The second kappa shape index (κ2) is 8.88. The van der Waals surface area contributed by atoms with Crippen molar-refractivity contribution in [3.63, 3.8) is 0 Å². The molecule has 0 fully saturated rings. The number of benzene rings is 1. The number of nitro benzene ring substituents is 1. The van der Waals surface area contributed by atoms with Crippen LogP contribution in [0.2, 0.25) is 0 Å². The van der Waals surface area contributed by atoms with Gasteiger partial charge in [0.25, 0.3) is 5.69 Å². The molecule has 1 heterocycles. The van der Waals surface area contributed by atoms with E-state index in [2.05, 4.69) is 22.4 Å². The van der Waals surface area contributed by atoms with Crippen LogP contribution in [0.5, 0.6) is 0 Å². The SMILES string of the molecule is CCCCCc1nnc(NC(=O)C=Cc2ccccc2[N+](=O)[O-])s1. The molecule has 0 radical (unpaired) electrons. The molecule has 0 saturated heterocycles. The zero-order chi connectivity index (χ0) is 17.4. The van der Waals surface area contributed by atoms with Gasteiger partial charge in [-0.05, 0) is 18.6 Å². The van der Waals surface area contributed by atoms with Gasteiger partial charge in [-0.2, -0.15) is 0 Å². The standard InChI is InChI=1S/C16H18N4O3S/c1-2-3-4-9-15-18-19-16(24-15)17-14(21)11-10-12-7-5-6-8-13(12)20(22)23/h5-8,10-11H,2-4,9H2,1H3,(H,17,19,21). The Balaban J connectivity index is 1.95. The van der Waals surface area contributed by atoms with Crippen LogP contribution in [0.15, 0.2) is 30.3 Å². The second-order valence-corrected chi connectivity index (χ2v) is 6.16. The summed E-state index contributed by atoms with van der Waals surface area (Å²) in [6, 6.07) is 6.23. The Morgan fingerprint density at radius 1 is 1.33 bits per heavy atom. The highest BCUT2D eigenvalue weighted by Gasteiger charge is 2.10. The number of amides is 1. The van der Waals surface area contributed by atoms with Crippen LogP contribution in [0.1, 0.15) is 36.8 Å². The molecule has 0 saturated carbocycles. The predicted molar refractivity (Wildman–Crippen MR) is 93.9 cm³/mol. The summed E-state index contributed by atoms with van der Waals surface area (Å²) in [6.45, 7) is 2.13. The monoisotopic (exact) mass is 346 g/mol. The molecular weight excluding hydrogens is 328 g/mol. The number of hydrogen-bond acceptors (Lipinski definition) is 6. The van der Waals surface area contributed by atoms with E-state index in [1.54, 1.807) is 18.2 Å². The van der Waals surface area contributed by atoms with Crippen LogP contribution in [-0.4, -0.2) is 21.0 Å². The molecule has 0 spiro atoms. The molecule has 0 unspecified atom stereocenters. The molecule has 8 heteroatoms. The van der Waals surface area contributed by atoms with E-state index >= 15 is 0 Å². The van der Waals surface area contributed by atoms with Crippen molar-refractivity contribution in [1.82, 2.24) is 10.2 Å². The van der Waals surface area contributed by atoms with Crippen LogP contribution in [0.4, 0.5) is 10.8 Å². The summed E-state index contributed by atoms with van der Waals surface area (Å²) < 4.78 is 0. The van der Waals surface area contributed by atoms with Crippen molar-refractivity contribution >= 4 is 34.1 Å². The number of nitrogens with one attached hydrogen (secondary N) is 1. The van der Waals surface area contributed by atoms with Gasteiger partial charge in [-0.15, -0.1) is 10.2 Å². The summed E-state index contributed by atoms with van der Waals surface area (Å²) in [4.78, 5) is 22.3. The normalized spacial score (nSPS) is 10.9. The average molecular weight is 346 g/mol. The lowest BCUT2D eigenvalue weighted by molar-refractivity contribution is -0.385. The van der Waals surface area contributed by atoms with E-state index in [9.17, 15) is 14.9 Å². The minimum atomic E-state index is -0.481. The molecule has 0 atom stereocenters. The minimum Gasteiger partial charge on any atom is -0.297 e. The fraction of sp³-hybridized carbons (Fsp3) is 0.312. The summed E-state index contributed by atoms with van der Waals surface area (Å²) in [5.74, 6) is -0.399. The lowest BCUT2D eigenvalue weighted by Gasteiger charge is -1.97. The first-order chi connectivity index (χ1) is 11.6. The van der Waals surface area contributed by atoms with Crippen molar-refractivity contribution in [1.29, 1.82) is 0 Å². The number of anilines is 1. The quantitative estimate of drug-likeness (QED) is 0.339. The minimum absolute atomic E-state index is 0.0457. The molecule has 0 bridgehead atoms. The van der Waals surface area contributed by atoms with Gasteiger partial charge in [0.05, 0.1) is 10.5 Å². The summed E-state index contributed by atoms with van der Waals surface area (Å²) in [5.41, 5.74) is 0.325. The van der Waals surface area contributed by atoms with Gasteiger partial charge in [0.15, 0.2) is 0 Å². The molecule has 1 N–H and O–H groups in total. The molecule has 1 aromatic carbocycles. The Labute approximate surface area is 143 Å². The van der Waals surface area contributed by atoms with E-state index in [0.29, 0.717) is 10.7 Å². The van der Waals surface area contributed by atoms with Gasteiger partial charge >= 0.3 is 0 Å². The summed E-state index contributed by atoms with van der Waals surface area (Å²) in [6.07, 6.45) is 6.85. The van der Waals surface area contributed by atoms with Gasteiger partial charge in [-0.3, -0.25) is 20.2 Å². The molecular formula is C16H18N4O3S. The Kier molecular flexibility index (Phi) is 6.56. The van der Waals surface area contributed by atoms with E-state index in [1.807, 2.05) is 0 Å². The smallest absolute Gasteiger partial charge is 0.276 e. The van der Waals surface area contributed by atoms with Crippen molar-refractivity contribution in [2.24, 2.45) is 0 Å². The van der Waals surface area contributed by atoms with Crippen LogP contribution in [-0.2, 0) is 11.2 Å². The predicted octanol–water partition coefficient (Wildman–Crippen LogP) is 3.83. The van der Waals surface area contributed by atoms with Crippen LogP contribution in [0, 0.1) is 10.1 Å². The maximum Gasteiger partial charge on any atom is 0.276 e. The van der Waals surface area contributed by atoms with Crippen LogP contribution in [0.3, 0.4) is 0 Å². The van der Waals surface area contributed by atoms with Gasteiger partial charge in [0, 0.05) is 18.6 Å². The lowest BCUT2D eigenvalue weighted by Crippen LogP contribution is -2.07. The van der Waals surface area contributed by atoms with Crippen molar-refractivity contribution < 1.29 is 9.72 Å². The van der Waals surface area contributed by atoms with Crippen LogP contribution >= 0.6 is 11.3 Å². The van der Waals surface area contributed by atoms with Crippen molar-refractivity contribution in [2.75, 3.05) is 5.32 Å². The molecule has 7 nitrogen and oxygen atoms in total. The Morgan fingerprint density at radius 2 is 2.12 bits per heavy atom. The van der Waals surface area contributed by atoms with E-state index in [-0.39, 0.29) is 5.69 Å². The first-order valence-electron chi connectivity index (χ1n) is 7.65. The number of hydrogen-bond donors (Lipinski definition) is 1. The van der Waals surface area contributed by atoms with Gasteiger partial charge in [-0.1, -0.05) is 43.2 Å². The molecule has 0 aliphatic rings. The Hall–Kier alpha value is -2.61. The Bertz CT molecular complexity index is 742. The third kappa shape index (κ3) is 5.24. The van der Waals surface area contributed by atoms with E-state index < -0.39 is 10.8 Å². The topological polar surface area (TPSA) is 98.0 Å². The highest BCUT2D eigenvalue weighted by molar-refractivity contribution is 7.15. The molecule has 24 heavy (non-hydrogen) atoms. The van der Waals surface area contributed by atoms with Crippen molar-refractivity contribution in [2.45, 2.75) is 32.6 Å². The summed E-state index contributed by atoms with van der Waals surface area (Å²) in [5, 5.41) is 22.8. The van der Waals surface area contributed by atoms with Gasteiger partial charge in [0.1, 0.15) is 5.01 Å². The number of carbonyl (C=O) groups excluding carboxylic acids is 1. The number of aromatic nitrogens is 2. The molecule has 0 aliphatic carbocycles. The van der Waals surface area contributed by atoms with Crippen molar-refractivity contribution in [3.05, 3.63) is 51.0 Å².